The van der Waals surface area contributed by atoms with Crippen LogP contribution >= 0.6 is 11.6 Å². The van der Waals surface area contributed by atoms with Gasteiger partial charge in [0.25, 0.3) is 0 Å². The zero-order chi connectivity index (χ0) is 16.9. The molecule has 0 unspecified atom stereocenters. The Morgan fingerprint density at radius 2 is 2.38 bits per heavy atom. The highest BCUT2D eigenvalue weighted by Crippen LogP contribution is 2.24. The highest BCUT2D eigenvalue weighted by atomic mass is 35.5. The number of ether oxygens (including phenoxy) is 1. The molecule has 1 aliphatic heterocycles. The van der Waals surface area contributed by atoms with Crippen molar-refractivity contribution in [3.05, 3.63) is 47.0 Å². The van der Waals surface area contributed by atoms with Crippen molar-refractivity contribution in [1.82, 2.24) is 14.9 Å². The van der Waals surface area contributed by atoms with Gasteiger partial charge in [-0.1, -0.05) is 11.6 Å². The van der Waals surface area contributed by atoms with Gasteiger partial charge in [0.15, 0.2) is 0 Å². The minimum absolute atomic E-state index is 0.0277. The van der Waals surface area contributed by atoms with Gasteiger partial charge in [0.1, 0.15) is 5.75 Å². The van der Waals surface area contributed by atoms with E-state index in [1.165, 1.54) is 0 Å². The van der Waals surface area contributed by atoms with Crippen molar-refractivity contribution in [1.29, 1.82) is 0 Å². The van der Waals surface area contributed by atoms with Gasteiger partial charge in [0.05, 0.1) is 12.9 Å². The Morgan fingerprint density at radius 3 is 3.21 bits per heavy atom. The third-order valence-electron chi connectivity index (χ3n) is 4.36. The first-order valence-corrected chi connectivity index (χ1v) is 8.73. The zero-order valence-corrected chi connectivity index (χ0v) is 14.6. The minimum Gasteiger partial charge on any atom is -0.494 e. The number of aromatic nitrogens is 2. The molecule has 24 heavy (non-hydrogen) atoms. The highest BCUT2D eigenvalue weighted by molar-refractivity contribution is 6.30. The lowest BCUT2D eigenvalue weighted by molar-refractivity contribution is -0.125. The first-order valence-electron chi connectivity index (χ1n) is 8.35. The summed E-state index contributed by atoms with van der Waals surface area (Å²) in [6.45, 7) is 4.00. The number of carbonyl (C=O) groups is 1. The van der Waals surface area contributed by atoms with Crippen LogP contribution in [0.4, 0.5) is 0 Å². The maximum Gasteiger partial charge on any atom is 0.223 e. The van der Waals surface area contributed by atoms with E-state index in [-0.39, 0.29) is 11.8 Å². The van der Waals surface area contributed by atoms with E-state index in [1.54, 1.807) is 0 Å². The van der Waals surface area contributed by atoms with Crippen molar-refractivity contribution in [2.45, 2.75) is 32.7 Å². The number of hydrogen-bond donors (Lipinski definition) is 1. The third-order valence-corrected chi connectivity index (χ3v) is 4.59. The smallest absolute Gasteiger partial charge is 0.223 e. The van der Waals surface area contributed by atoms with Crippen molar-refractivity contribution in [2.75, 3.05) is 13.2 Å². The van der Waals surface area contributed by atoms with E-state index in [0.717, 1.165) is 36.4 Å². The molecular formula is C18H22ClN3O2. The molecule has 1 aromatic heterocycles. The van der Waals surface area contributed by atoms with Crippen LogP contribution in [-0.4, -0.2) is 28.6 Å². The number of amides is 1. The van der Waals surface area contributed by atoms with E-state index in [2.05, 4.69) is 14.9 Å². The quantitative estimate of drug-likeness (QED) is 0.874. The molecule has 0 fully saturated rings. The summed E-state index contributed by atoms with van der Waals surface area (Å²) in [5, 5.41) is 3.73. The number of imidazole rings is 1. The molecule has 0 saturated heterocycles. The van der Waals surface area contributed by atoms with Crippen LogP contribution in [0.3, 0.4) is 0 Å². The topological polar surface area (TPSA) is 56.1 Å². The minimum atomic E-state index is 0.0277. The van der Waals surface area contributed by atoms with Crippen molar-refractivity contribution in [2.24, 2.45) is 5.92 Å². The normalized spacial score (nSPS) is 16.5. The summed E-state index contributed by atoms with van der Waals surface area (Å²) in [5.74, 6) is 0.972. The molecule has 2 aromatic rings. The molecule has 1 aliphatic rings. The van der Waals surface area contributed by atoms with Crippen LogP contribution in [0.2, 0.25) is 5.02 Å². The average Bonchev–Trinajstić information content (AvgIpc) is 3.05. The summed E-state index contributed by atoms with van der Waals surface area (Å²) < 4.78 is 7.73. The number of hydrogen-bond acceptors (Lipinski definition) is 3. The summed E-state index contributed by atoms with van der Waals surface area (Å²) in [6, 6.07) is 5.60. The average molecular weight is 348 g/mol. The SMILES string of the molecule is CCOc1ccc(Cl)cc1CCNC(=O)[C@H]1CCn2cncc2C1. The number of halogens is 1. The summed E-state index contributed by atoms with van der Waals surface area (Å²) in [6.07, 6.45) is 5.99. The summed E-state index contributed by atoms with van der Waals surface area (Å²) in [4.78, 5) is 16.5. The number of aryl methyl sites for hydroxylation is 1. The number of nitrogens with zero attached hydrogens (tertiary/aromatic N) is 2. The zero-order valence-electron chi connectivity index (χ0n) is 13.8. The summed E-state index contributed by atoms with van der Waals surface area (Å²) >= 11 is 6.07. The fourth-order valence-corrected chi connectivity index (χ4v) is 3.29. The Labute approximate surface area is 147 Å². The lowest BCUT2D eigenvalue weighted by Gasteiger charge is -2.23. The lowest BCUT2D eigenvalue weighted by atomic mass is 9.95. The maximum absolute atomic E-state index is 12.4. The predicted molar refractivity (Wildman–Crippen MR) is 93.4 cm³/mol. The molecule has 3 rings (SSSR count). The van der Waals surface area contributed by atoms with Crippen LogP contribution in [0.25, 0.3) is 0 Å². The van der Waals surface area contributed by atoms with Crippen LogP contribution in [0.1, 0.15) is 24.6 Å². The predicted octanol–water partition coefficient (Wildman–Crippen LogP) is 2.86. The van der Waals surface area contributed by atoms with E-state index in [1.807, 2.05) is 37.6 Å². The number of carbonyl (C=O) groups excluding carboxylic acids is 1. The largest absolute Gasteiger partial charge is 0.494 e. The molecule has 1 aromatic carbocycles. The Hall–Kier alpha value is -2.01. The molecule has 2 heterocycles. The fourth-order valence-electron chi connectivity index (χ4n) is 3.10. The van der Waals surface area contributed by atoms with E-state index in [9.17, 15) is 4.79 Å². The second kappa shape index (κ2) is 7.71. The van der Waals surface area contributed by atoms with Gasteiger partial charge in [0.2, 0.25) is 5.91 Å². The standard InChI is InChI=1S/C18H22ClN3O2/c1-2-24-17-4-3-15(19)9-13(17)5-7-21-18(23)14-6-8-22-12-20-11-16(22)10-14/h3-4,9,11-12,14H,2,5-8,10H2,1H3,(H,21,23)/t14-/m0/s1. The van der Waals surface area contributed by atoms with E-state index >= 15 is 0 Å². The number of nitrogens with one attached hydrogen (secondary N) is 1. The van der Waals surface area contributed by atoms with Crippen LogP contribution in [0.5, 0.6) is 5.75 Å². The summed E-state index contributed by atoms with van der Waals surface area (Å²) in [7, 11) is 0. The van der Waals surface area contributed by atoms with Gasteiger partial charge >= 0.3 is 0 Å². The molecular weight excluding hydrogens is 326 g/mol. The third kappa shape index (κ3) is 3.90. The maximum atomic E-state index is 12.4. The number of fused-ring (bicyclic) bond motifs is 1. The first-order chi connectivity index (χ1) is 11.7. The highest BCUT2D eigenvalue weighted by Gasteiger charge is 2.24. The number of rotatable bonds is 6. The molecule has 5 nitrogen and oxygen atoms in total. The van der Waals surface area contributed by atoms with Gasteiger partial charge in [-0.3, -0.25) is 4.79 Å². The van der Waals surface area contributed by atoms with E-state index in [4.69, 9.17) is 16.3 Å². The van der Waals surface area contributed by atoms with Gasteiger partial charge in [-0.15, -0.1) is 0 Å². The number of benzene rings is 1. The van der Waals surface area contributed by atoms with Crippen molar-refractivity contribution in [3.8, 4) is 5.75 Å². The van der Waals surface area contributed by atoms with Crippen LogP contribution in [-0.2, 0) is 24.2 Å². The second-order valence-electron chi connectivity index (χ2n) is 5.99. The molecule has 0 aliphatic carbocycles. The second-order valence-corrected chi connectivity index (χ2v) is 6.43. The molecule has 1 N–H and O–H groups in total. The van der Waals surface area contributed by atoms with Gasteiger partial charge in [-0.2, -0.15) is 0 Å². The first kappa shape index (κ1) is 16.8. The molecule has 1 amide bonds. The monoisotopic (exact) mass is 347 g/mol. The summed E-state index contributed by atoms with van der Waals surface area (Å²) in [5.41, 5.74) is 2.15. The molecule has 0 radical (unpaired) electrons. The van der Waals surface area contributed by atoms with E-state index in [0.29, 0.717) is 24.6 Å². The molecule has 1 atom stereocenters. The van der Waals surface area contributed by atoms with Crippen LogP contribution in [0, 0.1) is 5.92 Å². The van der Waals surface area contributed by atoms with Gasteiger partial charge in [-0.05, 0) is 43.5 Å². The van der Waals surface area contributed by atoms with Gasteiger partial charge in [-0.25, -0.2) is 4.98 Å². The molecule has 6 heteroatoms. The Balaban J connectivity index is 1.53. The van der Waals surface area contributed by atoms with Crippen molar-refractivity contribution < 1.29 is 9.53 Å². The Bertz CT molecular complexity index is 714. The van der Waals surface area contributed by atoms with Gasteiger partial charge in [0, 0.05) is 42.3 Å². The Kier molecular flexibility index (Phi) is 5.41. The molecule has 128 valence electrons. The van der Waals surface area contributed by atoms with Crippen LogP contribution in [0.15, 0.2) is 30.7 Å². The van der Waals surface area contributed by atoms with Crippen LogP contribution < -0.4 is 10.1 Å². The molecule has 0 bridgehead atoms. The van der Waals surface area contributed by atoms with Gasteiger partial charge < -0.3 is 14.6 Å². The Morgan fingerprint density at radius 1 is 1.50 bits per heavy atom. The molecule has 0 saturated carbocycles. The van der Waals surface area contributed by atoms with Crippen molar-refractivity contribution in [3.63, 3.8) is 0 Å². The fraction of sp³-hybridized carbons (Fsp3) is 0.444. The molecule has 0 spiro atoms. The van der Waals surface area contributed by atoms with Crippen molar-refractivity contribution >= 4 is 17.5 Å². The van der Waals surface area contributed by atoms with E-state index < -0.39 is 0 Å². The lowest BCUT2D eigenvalue weighted by Crippen LogP contribution is -2.36.